The SMILES string of the molecule is COc1ccc(C(C)(C)C)cc1/C(O)=C1\C(=O)C(=O)N(c2ccc(OC(F)(F)F)cc2)C1c1ccncc1. The van der Waals surface area contributed by atoms with Crippen LogP contribution in [-0.2, 0) is 15.0 Å². The third kappa shape index (κ3) is 5.20. The van der Waals surface area contributed by atoms with Gasteiger partial charge in [-0.05, 0) is 65.1 Å². The van der Waals surface area contributed by atoms with Gasteiger partial charge in [-0.25, -0.2) is 0 Å². The standard InChI is InChI=1S/C28H25F3N2O5/c1-27(2,3)17-5-10-21(37-4)20(15-17)24(34)22-23(16-11-13-32-14-12-16)33(26(36)25(22)35)18-6-8-19(9-7-18)38-28(29,30)31/h5-15,23,34H,1-4H3/b24-22+. The summed E-state index contributed by atoms with van der Waals surface area (Å²) in [7, 11) is 1.42. The zero-order chi connectivity index (χ0) is 27.8. The molecule has 1 aromatic heterocycles. The Morgan fingerprint density at radius 2 is 1.61 bits per heavy atom. The predicted octanol–water partition coefficient (Wildman–Crippen LogP) is 5.91. The Kier molecular flexibility index (Phi) is 6.92. The fourth-order valence-electron chi connectivity index (χ4n) is 4.27. The minimum atomic E-state index is -4.89. The van der Waals surface area contributed by atoms with Crippen molar-refractivity contribution in [2.45, 2.75) is 38.6 Å². The first-order valence-corrected chi connectivity index (χ1v) is 11.6. The Balaban J connectivity index is 1.90. The molecule has 2 heterocycles. The Bertz CT molecular complexity index is 1390. The largest absolute Gasteiger partial charge is 0.573 e. The molecular formula is C28H25F3N2O5. The average Bonchev–Trinajstić information content (AvgIpc) is 3.13. The van der Waals surface area contributed by atoms with Gasteiger partial charge in [0.2, 0.25) is 0 Å². The summed E-state index contributed by atoms with van der Waals surface area (Å²) in [6, 6.07) is 11.9. The van der Waals surface area contributed by atoms with Crippen LogP contribution in [0.25, 0.3) is 5.76 Å². The van der Waals surface area contributed by atoms with E-state index in [-0.39, 0.29) is 22.2 Å². The fraction of sp³-hybridized carbons (Fsp3) is 0.250. The first-order chi connectivity index (χ1) is 17.8. The normalized spacial score (nSPS) is 17.6. The van der Waals surface area contributed by atoms with Gasteiger partial charge in [0.15, 0.2) is 0 Å². The van der Waals surface area contributed by atoms with E-state index < -0.39 is 35.6 Å². The minimum absolute atomic E-state index is 0.137. The number of ether oxygens (including phenoxy) is 2. The number of hydrogen-bond acceptors (Lipinski definition) is 6. The number of rotatable bonds is 5. The first kappa shape index (κ1) is 26.7. The van der Waals surface area contributed by atoms with Crippen LogP contribution in [0.5, 0.6) is 11.5 Å². The second-order valence-corrected chi connectivity index (χ2v) is 9.66. The maximum atomic E-state index is 13.4. The number of aromatic nitrogens is 1. The van der Waals surface area contributed by atoms with Crippen LogP contribution in [0.4, 0.5) is 18.9 Å². The number of alkyl halides is 3. The van der Waals surface area contributed by atoms with Crippen LogP contribution in [0, 0.1) is 0 Å². The van der Waals surface area contributed by atoms with Gasteiger partial charge in [-0.1, -0.05) is 26.8 Å². The lowest BCUT2D eigenvalue weighted by molar-refractivity contribution is -0.274. The van der Waals surface area contributed by atoms with Crippen molar-refractivity contribution in [1.82, 2.24) is 4.98 Å². The maximum Gasteiger partial charge on any atom is 0.573 e. The van der Waals surface area contributed by atoms with Crippen molar-refractivity contribution in [2.75, 3.05) is 12.0 Å². The molecule has 10 heteroatoms. The van der Waals surface area contributed by atoms with Crippen LogP contribution in [0.3, 0.4) is 0 Å². The second kappa shape index (κ2) is 9.85. The average molecular weight is 527 g/mol. The van der Waals surface area contributed by atoms with Crippen LogP contribution in [0.1, 0.15) is 43.5 Å². The molecule has 198 valence electrons. The molecule has 1 saturated heterocycles. The Hall–Kier alpha value is -4.34. The van der Waals surface area contributed by atoms with Crippen molar-refractivity contribution < 1.29 is 37.3 Å². The van der Waals surface area contributed by atoms with E-state index in [1.807, 2.05) is 26.8 Å². The van der Waals surface area contributed by atoms with E-state index >= 15 is 0 Å². The van der Waals surface area contributed by atoms with E-state index in [2.05, 4.69) is 9.72 Å². The molecule has 0 aliphatic carbocycles. The van der Waals surface area contributed by atoms with E-state index in [1.54, 1.807) is 24.3 Å². The number of methoxy groups -OCH3 is 1. The molecule has 0 radical (unpaired) electrons. The molecule has 1 fully saturated rings. The zero-order valence-electron chi connectivity index (χ0n) is 21.0. The van der Waals surface area contributed by atoms with Crippen molar-refractivity contribution in [3.8, 4) is 11.5 Å². The third-order valence-electron chi connectivity index (χ3n) is 6.14. The molecule has 0 bridgehead atoms. The molecule has 7 nitrogen and oxygen atoms in total. The van der Waals surface area contributed by atoms with Gasteiger partial charge >= 0.3 is 6.36 Å². The highest BCUT2D eigenvalue weighted by molar-refractivity contribution is 6.51. The second-order valence-electron chi connectivity index (χ2n) is 9.66. The van der Waals surface area contributed by atoms with Gasteiger partial charge in [0.25, 0.3) is 11.7 Å². The number of anilines is 1. The van der Waals surface area contributed by atoms with Crippen LogP contribution < -0.4 is 14.4 Å². The van der Waals surface area contributed by atoms with Gasteiger partial charge in [-0.3, -0.25) is 19.5 Å². The van der Waals surface area contributed by atoms with E-state index in [0.29, 0.717) is 11.3 Å². The van der Waals surface area contributed by atoms with E-state index in [1.165, 1.54) is 31.6 Å². The van der Waals surface area contributed by atoms with Gasteiger partial charge in [0.1, 0.15) is 17.3 Å². The number of carbonyl (C=O) groups is 2. The lowest BCUT2D eigenvalue weighted by Crippen LogP contribution is -2.29. The molecule has 1 atom stereocenters. The maximum absolute atomic E-state index is 13.4. The summed E-state index contributed by atoms with van der Waals surface area (Å²) in [5.41, 5.74) is 1.19. The number of nitrogens with zero attached hydrogens (tertiary/aromatic N) is 2. The van der Waals surface area contributed by atoms with E-state index in [0.717, 1.165) is 22.6 Å². The third-order valence-corrected chi connectivity index (χ3v) is 6.14. The van der Waals surface area contributed by atoms with E-state index in [4.69, 9.17) is 4.74 Å². The van der Waals surface area contributed by atoms with Crippen molar-refractivity contribution in [3.63, 3.8) is 0 Å². The molecule has 1 amide bonds. The molecule has 3 aromatic rings. The van der Waals surface area contributed by atoms with Crippen molar-refractivity contribution in [1.29, 1.82) is 0 Å². The smallest absolute Gasteiger partial charge is 0.507 e. The van der Waals surface area contributed by atoms with Gasteiger partial charge < -0.3 is 14.6 Å². The lowest BCUT2D eigenvalue weighted by Gasteiger charge is -2.26. The van der Waals surface area contributed by atoms with Gasteiger partial charge in [-0.15, -0.1) is 13.2 Å². The van der Waals surface area contributed by atoms with Crippen molar-refractivity contribution in [3.05, 3.63) is 89.3 Å². The number of carbonyl (C=O) groups excluding carboxylic acids is 2. The van der Waals surface area contributed by atoms with Crippen LogP contribution in [-0.4, -0.2) is 35.3 Å². The number of benzene rings is 2. The van der Waals surface area contributed by atoms with Gasteiger partial charge in [-0.2, -0.15) is 0 Å². The number of Topliss-reactive ketones (excluding diaryl/α,β-unsaturated/α-hetero) is 1. The minimum Gasteiger partial charge on any atom is -0.507 e. The predicted molar refractivity (Wildman–Crippen MR) is 134 cm³/mol. The number of aliphatic hydroxyl groups is 1. The number of pyridine rings is 1. The fourth-order valence-corrected chi connectivity index (χ4v) is 4.27. The first-order valence-electron chi connectivity index (χ1n) is 11.6. The highest BCUT2D eigenvalue weighted by Crippen LogP contribution is 2.44. The molecule has 2 aromatic carbocycles. The van der Waals surface area contributed by atoms with Gasteiger partial charge in [0.05, 0.1) is 24.3 Å². The summed E-state index contributed by atoms with van der Waals surface area (Å²) >= 11 is 0. The molecule has 1 unspecified atom stereocenters. The monoisotopic (exact) mass is 526 g/mol. The summed E-state index contributed by atoms with van der Waals surface area (Å²) in [6.07, 6.45) is -1.95. The molecular weight excluding hydrogens is 501 g/mol. The zero-order valence-corrected chi connectivity index (χ0v) is 21.0. The molecule has 0 saturated carbocycles. The van der Waals surface area contributed by atoms with Crippen molar-refractivity contribution in [2.24, 2.45) is 0 Å². The Labute approximate surface area is 217 Å². The number of aliphatic hydroxyl groups excluding tert-OH is 1. The van der Waals surface area contributed by atoms with Crippen molar-refractivity contribution >= 4 is 23.1 Å². The molecule has 1 aliphatic heterocycles. The highest BCUT2D eigenvalue weighted by atomic mass is 19.4. The number of ketones is 1. The highest BCUT2D eigenvalue weighted by Gasteiger charge is 2.47. The molecule has 0 spiro atoms. The molecule has 1 N–H and O–H groups in total. The summed E-state index contributed by atoms with van der Waals surface area (Å²) in [5, 5.41) is 11.5. The quantitative estimate of drug-likeness (QED) is 0.253. The number of hydrogen-bond donors (Lipinski definition) is 1. The van der Waals surface area contributed by atoms with Crippen LogP contribution >= 0.6 is 0 Å². The number of amides is 1. The Morgan fingerprint density at radius 3 is 2.16 bits per heavy atom. The Morgan fingerprint density at radius 1 is 0.974 bits per heavy atom. The van der Waals surface area contributed by atoms with Crippen LogP contribution in [0.15, 0.2) is 72.6 Å². The van der Waals surface area contributed by atoms with Gasteiger partial charge in [0, 0.05) is 18.1 Å². The summed E-state index contributed by atoms with van der Waals surface area (Å²) in [6.45, 7) is 5.96. The summed E-state index contributed by atoms with van der Waals surface area (Å²) in [4.78, 5) is 31.8. The summed E-state index contributed by atoms with van der Waals surface area (Å²) < 4.78 is 47.2. The number of halogens is 3. The van der Waals surface area contributed by atoms with E-state index in [9.17, 15) is 27.9 Å². The molecule has 4 rings (SSSR count). The molecule has 1 aliphatic rings. The topological polar surface area (TPSA) is 89.0 Å². The lowest BCUT2D eigenvalue weighted by atomic mass is 9.85. The summed E-state index contributed by atoms with van der Waals surface area (Å²) in [5.74, 6) is -2.54. The van der Waals surface area contributed by atoms with Crippen LogP contribution in [0.2, 0.25) is 0 Å². The molecule has 38 heavy (non-hydrogen) atoms.